The van der Waals surface area contributed by atoms with Crippen LogP contribution in [-0.4, -0.2) is 20.4 Å². The van der Waals surface area contributed by atoms with Crippen LogP contribution >= 0.6 is 0 Å². The molecule has 0 saturated heterocycles. The minimum atomic E-state index is 0.00249. The van der Waals surface area contributed by atoms with Crippen molar-refractivity contribution in [3.63, 3.8) is 0 Å². The molecule has 4 aromatic rings. The SMILES string of the molecule is Cn1cc(CC(=O)NCc2ccc(-c3cccnc3)nc2)c2ccccc21. The molecule has 0 unspecified atom stereocenters. The van der Waals surface area contributed by atoms with Gasteiger partial charge in [-0.05, 0) is 35.4 Å². The summed E-state index contributed by atoms with van der Waals surface area (Å²) in [6.45, 7) is 0.462. The quantitative estimate of drug-likeness (QED) is 0.595. The number of hydrogen-bond donors (Lipinski definition) is 1. The normalized spacial score (nSPS) is 10.9. The zero-order chi connectivity index (χ0) is 18.6. The Morgan fingerprint density at radius 1 is 1.07 bits per heavy atom. The van der Waals surface area contributed by atoms with E-state index in [9.17, 15) is 4.79 Å². The van der Waals surface area contributed by atoms with Gasteiger partial charge in [-0.2, -0.15) is 0 Å². The largest absolute Gasteiger partial charge is 0.352 e. The predicted molar refractivity (Wildman–Crippen MR) is 106 cm³/mol. The topological polar surface area (TPSA) is 59.8 Å². The molecule has 0 fully saturated rings. The van der Waals surface area contributed by atoms with Crippen molar-refractivity contribution in [2.24, 2.45) is 7.05 Å². The van der Waals surface area contributed by atoms with Gasteiger partial charge in [0.05, 0.1) is 12.1 Å². The van der Waals surface area contributed by atoms with Gasteiger partial charge >= 0.3 is 0 Å². The molecule has 0 saturated carbocycles. The lowest BCUT2D eigenvalue weighted by Crippen LogP contribution is -2.24. The van der Waals surface area contributed by atoms with E-state index >= 15 is 0 Å². The van der Waals surface area contributed by atoms with Crippen LogP contribution in [0.1, 0.15) is 11.1 Å². The van der Waals surface area contributed by atoms with Crippen LogP contribution in [0.4, 0.5) is 0 Å². The second-order valence-electron chi connectivity index (χ2n) is 6.53. The molecule has 0 aliphatic carbocycles. The van der Waals surface area contributed by atoms with Gasteiger partial charge in [-0.25, -0.2) is 0 Å². The molecule has 0 aliphatic heterocycles. The fourth-order valence-electron chi connectivity index (χ4n) is 3.22. The molecule has 0 atom stereocenters. The molecule has 0 spiro atoms. The zero-order valence-electron chi connectivity index (χ0n) is 15.1. The summed E-state index contributed by atoms with van der Waals surface area (Å²) in [5, 5.41) is 4.10. The maximum atomic E-state index is 12.4. The van der Waals surface area contributed by atoms with Gasteiger partial charge in [0.2, 0.25) is 5.91 Å². The van der Waals surface area contributed by atoms with Crippen LogP contribution in [0.3, 0.4) is 0 Å². The summed E-state index contributed by atoms with van der Waals surface area (Å²) in [6, 6.07) is 15.9. The van der Waals surface area contributed by atoms with Crippen LogP contribution in [-0.2, 0) is 24.8 Å². The monoisotopic (exact) mass is 356 g/mol. The summed E-state index contributed by atoms with van der Waals surface area (Å²) < 4.78 is 2.05. The van der Waals surface area contributed by atoms with E-state index in [4.69, 9.17) is 0 Å². The standard InChI is InChI=1S/C22H20N4O/c1-26-15-18(19-6-2-3-7-21(19)26)11-22(27)25-13-16-8-9-20(24-12-16)17-5-4-10-23-14-17/h2-10,12,14-15H,11,13H2,1H3,(H,25,27). The van der Waals surface area contributed by atoms with Gasteiger partial charge in [0.25, 0.3) is 0 Å². The average Bonchev–Trinajstić information content (AvgIpc) is 3.03. The van der Waals surface area contributed by atoms with Crippen molar-refractivity contribution in [2.75, 3.05) is 0 Å². The first-order valence-corrected chi connectivity index (χ1v) is 8.85. The Kier molecular flexibility index (Phi) is 4.66. The highest BCUT2D eigenvalue weighted by atomic mass is 16.1. The molecule has 1 N–H and O–H groups in total. The van der Waals surface area contributed by atoms with Crippen molar-refractivity contribution in [3.8, 4) is 11.3 Å². The third-order valence-electron chi connectivity index (χ3n) is 4.60. The minimum Gasteiger partial charge on any atom is -0.352 e. The van der Waals surface area contributed by atoms with Gasteiger partial charge in [-0.15, -0.1) is 0 Å². The minimum absolute atomic E-state index is 0.00249. The Balaban J connectivity index is 1.39. The molecule has 3 heterocycles. The number of carbonyl (C=O) groups excluding carboxylic acids is 1. The number of hydrogen-bond acceptors (Lipinski definition) is 3. The van der Waals surface area contributed by atoms with Crippen LogP contribution in [0, 0.1) is 0 Å². The number of benzene rings is 1. The molecule has 1 aromatic carbocycles. The summed E-state index contributed by atoms with van der Waals surface area (Å²) >= 11 is 0. The van der Waals surface area contributed by atoms with E-state index in [1.807, 2.05) is 49.6 Å². The summed E-state index contributed by atoms with van der Waals surface area (Å²) in [6.07, 6.45) is 7.70. The number of para-hydroxylation sites is 1. The van der Waals surface area contributed by atoms with Crippen molar-refractivity contribution < 1.29 is 4.79 Å². The van der Waals surface area contributed by atoms with Crippen molar-refractivity contribution in [1.29, 1.82) is 0 Å². The third-order valence-corrected chi connectivity index (χ3v) is 4.60. The highest BCUT2D eigenvalue weighted by molar-refractivity contribution is 5.89. The first-order chi connectivity index (χ1) is 13.2. The van der Waals surface area contributed by atoms with Gasteiger partial charge in [0.15, 0.2) is 0 Å². The number of nitrogens with zero attached hydrogens (tertiary/aromatic N) is 3. The van der Waals surface area contributed by atoms with E-state index in [-0.39, 0.29) is 5.91 Å². The summed E-state index contributed by atoms with van der Waals surface area (Å²) in [7, 11) is 2.00. The Labute approximate surface area is 157 Å². The number of carbonyl (C=O) groups is 1. The van der Waals surface area contributed by atoms with Crippen LogP contribution in [0.15, 0.2) is 73.3 Å². The average molecular weight is 356 g/mol. The number of aryl methyl sites for hydroxylation is 1. The fourth-order valence-corrected chi connectivity index (χ4v) is 3.22. The van der Waals surface area contributed by atoms with Gasteiger partial charge in [-0.3, -0.25) is 14.8 Å². The zero-order valence-corrected chi connectivity index (χ0v) is 15.1. The predicted octanol–water partition coefficient (Wildman–Crippen LogP) is 3.49. The van der Waals surface area contributed by atoms with E-state index in [1.165, 1.54) is 0 Å². The van der Waals surface area contributed by atoms with E-state index in [1.54, 1.807) is 18.6 Å². The van der Waals surface area contributed by atoms with E-state index < -0.39 is 0 Å². The van der Waals surface area contributed by atoms with E-state index in [2.05, 4.69) is 32.0 Å². The lowest BCUT2D eigenvalue weighted by Gasteiger charge is -2.06. The fraction of sp³-hybridized carbons (Fsp3) is 0.136. The molecule has 27 heavy (non-hydrogen) atoms. The van der Waals surface area contributed by atoms with Gasteiger partial charge in [0, 0.05) is 54.8 Å². The second kappa shape index (κ2) is 7.41. The molecule has 0 radical (unpaired) electrons. The third kappa shape index (κ3) is 3.72. The number of pyridine rings is 2. The van der Waals surface area contributed by atoms with E-state index in [0.717, 1.165) is 33.3 Å². The molecule has 5 heteroatoms. The number of amides is 1. The maximum absolute atomic E-state index is 12.4. The lowest BCUT2D eigenvalue weighted by molar-refractivity contribution is -0.120. The number of fused-ring (bicyclic) bond motifs is 1. The molecule has 1 amide bonds. The van der Waals surface area contributed by atoms with Crippen LogP contribution < -0.4 is 5.32 Å². The van der Waals surface area contributed by atoms with Crippen molar-refractivity contribution in [3.05, 3.63) is 84.4 Å². The van der Waals surface area contributed by atoms with Crippen molar-refractivity contribution in [2.45, 2.75) is 13.0 Å². The number of nitrogens with one attached hydrogen (secondary N) is 1. The maximum Gasteiger partial charge on any atom is 0.224 e. The smallest absolute Gasteiger partial charge is 0.224 e. The van der Waals surface area contributed by atoms with Gasteiger partial charge in [0.1, 0.15) is 0 Å². The lowest BCUT2D eigenvalue weighted by atomic mass is 10.1. The number of aromatic nitrogens is 3. The first-order valence-electron chi connectivity index (χ1n) is 8.85. The number of rotatable bonds is 5. The van der Waals surface area contributed by atoms with Crippen LogP contribution in [0.2, 0.25) is 0 Å². The molecule has 4 rings (SSSR count). The highest BCUT2D eigenvalue weighted by Crippen LogP contribution is 2.20. The molecule has 3 aromatic heterocycles. The van der Waals surface area contributed by atoms with Gasteiger partial charge < -0.3 is 9.88 Å². The molecule has 0 aliphatic rings. The Hall–Kier alpha value is -3.47. The van der Waals surface area contributed by atoms with Crippen LogP contribution in [0.25, 0.3) is 22.2 Å². The van der Waals surface area contributed by atoms with Crippen molar-refractivity contribution >= 4 is 16.8 Å². The highest BCUT2D eigenvalue weighted by Gasteiger charge is 2.10. The van der Waals surface area contributed by atoms with Gasteiger partial charge in [-0.1, -0.05) is 24.3 Å². The van der Waals surface area contributed by atoms with E-state index in [0.29, 0.717) is 13.0 Å². The summed E-state index contributed by atoms with van der Waals surface area (Å²) in [5.41, 5.74) is 4.98. The van der Waals surface area contributed by atoms with Crippen molar-refractivity contribution in [1.82, 2.24) is 19.9 Å². The Morgan fingerprint density at radius 2 is 1.96 bits per heavy atom. The first kappa shape index (κ1) is 17.0. The molecular formula is C22H20N4O. The Bertz CT molecular complexity index is 1070. The molecule has 5 nitrogen and oxygen atoms in total. The second-order valence-corrected chi connectivity index (χ2v) is 6.53. The summed E-state index contributed by atoms with van der Waals surface area (Å²) in [5.74, 6) is 0.00249. The molecule has 0 bridgehead atoms. The Morgan fingerprint density at radius 3 is 2.74 bits per heavy atom. The molecule has 134 valence electrons. The summed E-state index contributed by atoms with van der Waals surface area (Å²) in [4.78, 5) is 20.9. The molecular weight excluding hydrogens is 336 g/mol. The van der Waals surface area contributed by atoms with Crippen LogP contribution in [0.5, 0.6) is 0 Å².